The van der Waals surface area contributed by atoms with Gasteiger partial charge in [0.05, 0.1) is 5.75 Å². The monoisotopic (exact) mass is 415 g/mol. The number of benzene rings is 2. The zero-order chi connectivity index (χ0) is 20.2. The second-order valence-corrected chi connectivity index (χ2v) is 7.55. The number of halogens is 2. The van der Waals surface area contributed by atoms with E-state index < -0.39 is 0 Å². The predicted molar refractivity (Wildman–Crippen MR) is 108 cm³/mol. The molecule has 0 atom stereocenters. The number of carbonyl (C=O) groups is 1. The van der Waals surface area contributed by atoms with Crippen molar-refractivity contribution in [3.63, 3.8) is 0 Å². The Hall–Kier alpha value is -2.94. The lowest BCUT2D eigenvalue weighted by Crippen LogP contribution is -2.49. The van der Waals surface area contributed by atoms with Gasteiger partial charge in [0.2, 0.25) is 11.1 Å². The molecule has 2 heterocycles. The largest absolute Gasteiger partial charge is 0.368 e. The van der Waals surface area contributed by atoms with Crippen molar-refractivity contribution in [3.8, 4) is 11.4 Å². The average Bonchev–Trinajstić information content (AvgIpc) is 3.22. The number of hydrogen-bond donors (Lipinski definition) is 1. The van der Waals surface area contributed by atoms with E-state index in [9.17, 15) is 13.6 Å². The third-order valence-electron chi connectivity index (χ3n) is 4.73. The molecule has 1 aliphatic rings. The number of nitrogens with one attached hydrogen (secondary N) is 1. The SMILES string of the molecule is O=C(CSc1n[nH]c(-c2ccc(F)cc2)n1)N1CCN(c2ccc(F)cc2)CC1. The van der Waals surface area contributed by atoms with Crippen molar-refractivity contribution in [1.29, 1.82) is 0 Å². The molecule has 1 saturated heterocycles. The van der Waals surface area contributed by atoms with Gasteiger partial charge in [0.1, 0.15) is 11.6 Å². The molecule has 4 rings (SSSR count). The fourth-order valence-corrected chi connectivity index (χ4v) is 3.83. The van der Waals surface area contributed by atoms with Crippen LogP contribution in [0.1, 0.15) is 0 Å². The van der Waals surface area contributed by atoms with Gasteiger partial charge in [0, 0.05) is 37.4 Å². The molecule has 0 spiro atoms. The number of hydrogen-bond acceptors (Lipinski definition) is 5. The summed E-state index contributed by atoms with van der Waals surface area (Å²) in [4.78, 5) is 20.8. The van der Waals surface area contributed by atoms with Gasteiger partial charge in [-0.25, -0.2) is 13.8 Å². The van der Waals surface area contributed by atoms with Crippen LogP contribution < -0.4 is 4.90 Å². The van der Waals surface area contributed by atoms with Crippen molar-refractivity contribution in [2.24, 2.45) is 0 Å². The first-order valence-corrected chi connectivity index (χ1v) is 10.2. The third kappa shape index (κ3) is 4.73. The molecule has 150 valence electrons. The molecule has 0 radical (unpaired) electrons. The molecule has 1 N–H and O–H groups in total. The van der Waals surface area contributed by atoms with Gasteiger partial charge in [-0.1, -0.05) is 11.8 Å². The van der Waals surface area contributed by atoms with Crippen LogP contribution in [0.5, 0.6) is 0 Å². The topological polar surface area (TPSA) is 65.1 Å². The molecule has 1 aromatic heterocycles. The van der Waals surface area contributed by atoms with Crippen LogP contribution in [-0.4, -0.2) is 57.9 Å². The lowest BCUT2D eigenvalue weighted by Gasteiger charge is -2.36. The minimum atomic E-state index is -0.312. The maximum atomic E-state index is 13.1. The van der Waals surface area contributed by atoms with Gasteiger partial charge in [-0.2, -0.15) is 0 Å². The molecule has 2 aromatic carbocycles. The Morgan fingerprint density at radius 3 is 2.24 bits per heavy atom. The van der Waals surface area contributed by atoms with E-state index in [0.717, 1.165) is 11.3 Å². The Balaban J connectivity index is 1.27. The van der Waals surface area contributed by atoms with Crippen LogP contribution in [0.2, 0.25) is 0 Å². The maximum Gasteiger partial charge on any atom is 0.233 e. The number of rotatable bonds is 5. The lowest BCUT2D eigenvalue weighted by molar-refractivity contribution is -0.128. The van der Waals surface area contributed by atoms with E-state index in [2.05, 4.69) is 20.1 Å². The molecule has 1 fully saturated rings. The summed E-state index contributed by atoms with van der Waals surface area (Å²) in [5.74, 6) is 0.244. The fraction of sp³-hybridized carbons (Fsp3) is 0.250. The summed E-state index contributed by atoms with van der Waals surface area (Å²) in [5, 5.41) is 7.40. The number of H-pyrrole nitrogens is 1. The van der Waals surface area contributed by atoms with Crippen molar-refractivity contribution < 1.29 is 13.6 Å². The van der Waals surface area contributed by atoms with Crippen molar-refractivity contribution in [2.75, 3.05) is 36.8 Å². The Bertz CT molecular complexity index is 969. The Labute approximate surface area is 170 Å². The number of amides is 1. The van der Waals surface area contributed by atoms with Crippen LogP contribution in [0.15, 0.2) is 53.7 Å². The van der Waals surface area contributed by atoms with E-state index in [-0.39, 0.29) is 23.3 Å². The van der Waals surface area contributed by atoms with Gasteiger partial charge < -0.3 is 9.80 Å². The van der Waals surface area contributed by atoms with Crippen LogP contribution in [0.4, 0.5) is 14.5 Å². The summed E-state index contributed by atoms with van der Waals surface area (Å²) in [6.45, 7) is 2.64. The minimum Gasteiger partial charge on any atom is -0.368 e. The standard InChI is InChI=1S/C20H19F2N5OS/c21-15-3-1-14(2-4-15)19-23-20(25-24-19)29-13-18(28)27-11-9-26(10-12-27)17-7-5-16(22)6-8-17/h1-8H,9-13H2,(H,23,24,25). The van der Waals surface area contributed by atoms with E-state index in [0.29, 0.717) is 37.2 Å². The molecule has 0 aliphatic carbocycles. The van der Waals surface area contributed by atoms with Crippen molar-refractivity contribution in [2.45, 2.75) is 5.16 Å². The summed E-state index contributed by atoms with van der Waals surface area (Å²) in [7, 11) is 0. The van der Waals surface area contributed by atoms with Crippen molar-refractivity contribution >= 4 is 23.4 Å². The summed E-state index contributed by atoms with van der Waals surface area (Å²) >= 11 is 1.27. The molecular weight excluding hydrogens is 396 g/mol. The van der Waals surface area contributed by atoms with Crippen molar-refractivity contribution in [3.05, 3.63) is 60.2 Å². The van der Waals surface area contributed by atoms with Crippen LogP contribution in [0.3, 0.4) is 0 Å². The first-order valence-electron chi connectivity index (χ1n) is 9.18. The summed E-state index contributed by atoms with van der Waals surface area (Å²) in [6, 6.07) is 12.4. The first-order chi connectivity index (χ1) is 14.1. The van der Waals surface area contributed by atoms with Gasteiger partial charge in [-0.05, 0) is 48.5 Å². The highest BCUT2D eigenvalue weighted by Crippen LogP contribution is 2.21. The number of thioether (sulfide) groups is 1. The Morgan fingerprint density at radius 2 is 1.59 bits per heavy atom. The van der Waals surface area contributed by atoms with E-state index in [1.54, 1.807) is 24.3 Å². The molecular formula is C20H19F2N5OS. The van der Waals surface area contributed by atoms with E-state index >= 15 is 0 Å². The minimum absolute atomic E-state index is 0.0295. The van der Waals surface area contributed by atoms with Crippen LogP contribution in [0, 0.1) is 11.6 Å². The maximum absolute atomic E-state index is 13.1. The zero-order valence-corrected chi connectivity index (χ0v) is 16.3. The molecule has 6 nitrogen and oxygen atoms in total. The smallest absolute Gasteiger partial charge is 0.233 e. The number of aromatic nitrogens is 3. The highest BCUT2D eigenvalue weighted by molar-refractivity contribution is 7.99. The van der Waals surface area contributed by atoms with Gasteiger partial charge in [0.25, 0.3) is 0 Å². The molecule has 3 aromatic rings. The molecule has 0 bridgehead atoms. The van der Waals surface area contributed by atoms with E-state index in [1.807, 2.05) is 4.90 Å². The summed E-state index contributed by atoms with van der Waals surface area (Å²) < 4.78 is 26.1. The van der Waals surface area contributed by atoms with Crippen LogP contribution in [-0.2, 0) is 4.79 Å². The average molecular weight is 415 g/mol. The van der Waals surface area contributed by atoms with Gasteiger partial charge >= 0.3 is 0 Å². The summed E-state index contributed by atoms with van der Waals surface area (Å²) in [6.07, 6.45) is 0. The first kappa shape index (κ1) is 19.4. The molecule has 1 amide bonds. The highest BCUT2D eigenvalue weighted by Gasteiger charge is 2.22. The van der Waals surface area contributed by atoms with Crippen LogP contribution in [0.25, 0.3) is 11.4 Å². The number of anilines is 1. The fourth-order valence-electron chi connectivity index (χ4n) is 3.13. The quantitative estimate of drug-likeness (QED) is 0.649. The predicted octanol–water partition coefficient (Wildman–Crippen LogP) is 3.19. The Morgan fingerprint density at radius 1 is 0.966 bits per heavy atom. The zero-order valence-electron chi connectivity index (χ0n) is 15.5. The molecule has 1 aliphatic heterocycles. The van der Waals surface area contributed by atoms with Gasteiger partial charge in [0.15, 0.2) is 5.82 Å². The second kappa shape index (κ2) is 8.60. The number of piperazine rings is 1. The highest BCUT2D eigenvalue weighted by atomic mass is 32.2. The number of nitrogens with zero attached hydrogens (tertiary/aromatic N) is 4. The second-order valence-electron chi connectivity index (χ2n) is 6.61. The van der Waals surface area contributed by atoms with Gasteiger partial charge in [-0.15, -0.1) is 5.10 Å². The van der Waals surface area contributed by atoms with Gasteiger partial charge in [-0.3, -0.25) is 9.89 Å². The number of carbonyl (C=O) groups excluding carboxylic acids is 1. The van der Waals surface area contributed by atoms with E-state index in [1.165, 1.54) is 36.0 Å². The molecule has 0 unspecified atom stereocenters. The van der Waals surface area contributed by atoms with Crippen molar-refractivity contribution in [1.82, 2.24) is 20.1 Å². The molecule has 29 heavy (non-hydrogen) atoms. The Kier molecular flexibility index (Phi) is 5.75. The normalized spacial score (nSPS) is 14.3. The number of aromatic amines is 1. The van der Waals surface area contributed by atoms with E-state index in [4.69, 9.17) is 0 Å². The van der Waals surface area contributed by atoms with Crippen LogP contribution >= 0.6 is 11.8 Å². The molecule has 9 heteroatoms. The third-order valence-corrected chi connectivity index (χ3v) is 5.56. The lowest BCUT2D eigenvalue weighted by atomic mass is 10.2. The molecule has 0 saturated carbocycles. The summed E-state index contributed by atoms with van der Waals surface area (Å²) in [5.41, 5.74) is 1.69.